The van der Waals surface area contributed by atoms with Gasteiger partial charge < -0.3 is 10.1 Å². The van der Waals surface area contributed by atoms with E-state index >= 15 is 0 Å². The maximum absolute atomic E-state index is 5.40. The number of hydrogen-bond donors (Lipinski definition) is 1. The fourth-order valence-electron chi connectivity index (χ4n) is 2.32. The van der Waals surface area contributed by atoms with Gasteiger partial charge in [-0.1, -0.05) is 28.1 Å². The molecular weight excluding hydrogens is 290 g/mol. The van der Waals surface area contributed by atoms with Gasteiger partial charge in [0.1, 0.15) is 0 Å². The summed E-state index contributed by atoms with van der Waals surface area (Å²) in [6.07, 6.45) is 2.37. The third-order valence-corrected chi connectivity index (χ3v) is 4.27. The summed E-state index contributed by atoms with van der Waals surface area (Å²) < 4.78 is 6.53. The van der Waals surface area contributed by atoms with Crippen molar-refractivity contribution in [3.8, 4) is 0 Å². The van der Waals surface area contributed by atoms with Crippen LogP contribution in [0, 0.1) is 5.92 Å². The molecule has 0 radical (unpaired) electrons. The largest absolute Gasteiger partial charge is 0.381 e. The summed E-state index contributed by atoms with van der Waals surface area (Å²) in [5.41, 5.74) is 1.36. The van der Waals surface area contributed by atoms with Gasteiger partial charge >= 0.3 is 0 Å². The zero-order chi connectivity index (χ0) is 13.0. The molecule has 1 aliphatic heterocycles. The molecule has 1 fully saturated rings. The summed E-state index contributed by atoms with van der Waals surface area (Å²) in [5.74, 6) is 0.758. The predicted molar refractivity (Wildman–Crippen MR) is 78.7 cm³/mol. The molecule has 3 heteroatoms. The molecule has 0 atom stereocenters. The summed E-state index contributed by atoms with van der Waals surface area (Å²) in [4.78, 5) is 0. The van der Waals surface area contributed by atoms with E-state index in [-0.39, 0.29) is 5.54 Å². The van der Waals surface area contributed by atoms with Crippen LogP contribution in [-0.2, 0) is 10.3 Å². The molecule has 18 heavy (non-hydrogen) atoms. The highest BCUT2D eigenvalue weighted by Crippen LogP contribution is 2.23. The van der Waals surface area contributed by atoms with Crippen molar-refractivity contribution in [1.82, 2.24) is 5.32 Å². The lowest BCUT2D eigenvalue weighted by atomic mass is 9.92. The van der Waals surface area contributed by atoms with Crippen LogP contribution in [0.5, 0.6) is 0 Å². The standard InChI is InChI=1S/C15H22BrNO/c1-15(2,13-3-5-14(16)6-4-13)17-11-12-7-9-18-10-8-12/h3-6,12,17H,7-11H2,1-2H3. The van der Waals surface area contributed by atoms with Gasteiger partial charge in [0.2, 0.25) is 0 Å². The van der Waals surface area contributed by atoms with E-state index in [2.05, 4.69) is 59.4 Å². The van der Waals surface area contributed by atoms with Gasteiger partial charge in [-0.2, -0.15) is 0 Å². The summed E-state index contributed by atoms with van der Waals surface area (Å²) in [7, 11) is 0. The first-order valence-electron chi connectivity index (χ1n) is 6.67. The topological polar surface area (TPSA) is 21.3 Å². The van der Waals surface area contributed by atoms with Crippen molar-refractivity contribution in [1.29, 1.82) is 0 Å². The maximum atomic E-state index is 5.40. The number of rotatable bonds is 4. The van der Waals surface area contributed by atoms with Crippen LogP contribution in [-0.4, -0.2) is 19.8 Å². The van der Waals surface area contributed by atoms with Gasteiger partial charge in [-0.25, -0.2) is 0 Å². The second-order valence-corrected chi connectivity index (χ2v) is 6.48. The Morgan fingerprint density at radius 2 is 1.83 bits per heavy atom. The van der Waals surface area contributed by atoms with Crippen LogP contribution in [0.1, 0.15) is 32.3 Å². The van der Waals surface area contributed by atoms with Crippen molar-refractivity contribution in [2.24, 2.45) is 5.92 Å². The van der Waals surface area contributed by atoms with E-state index in [4.69, 9.17) is 4.74 Å². The molecule has 100 valence electrons. The van der Waals surface area contributed by atoms with Crippen LogP contribution in [0.2, 0.25) is 0 Å². The van der Waals surface area contributed by atoms with Gasteiger partial charge in [0, 0.05) is 23.2 Å². The molecule has 1 aromatic rings. The molecule has 0 bridgehead atoms. The van der Waals surface area contributed by atoms with E-state index in [0.717, 1.165) is 30.1 Å². The zero-order valence-corrected chi connectivity index (χ0v) is 12.8. The fraction of sp³-hybridized carbons (Fsp3) is 0.600. The molecule has 0 saturated carbocycles. The Morgan fingerprint density at radius 3 is 2.44 bits per heavy atom. The second kappa shape index (κ2) is 6.18. The van der Waals surface area contributed by atoms with Crippen molar-refractivity contribution in [2.45, 2.75) is 32.2 Å². The third-order valence-electron chi connectivity index (χ3n) is 3.74. The van der Waals surface area contributed by atoms with Crippen molar-refractivity contribution in [3.05, 3.63) is 34.3 Å². The average molecular weight is 312 g/mol. The van der Waals surface area contributed by atoms with Gasteiger partial charge in [0.05, 0.1) is 0 Å². The van der Waals surface area contributed by atoms with Crippen LogP contribution in [0.4, 0.5) is 0 Å². The molecule has 2 rings (SSSR count). The van der Waals surface area contributed by atoms with Crippen LogP contribution in [0.3, 0.4) is 0 Å². The number of nitrogens with one attached hydrogen (secondary N) is 1. The normalized spacial score (nSPS) is 17.9. The first kappa shape index (κ1) is 14.0. The van der Waals surface area contributed by atoms with Crippen molar-refractivity contribution in [3.63, 3.8) is 0 Å². The number of ether oxygens (including phenoxy) is 1. The maximum Gasteiger partial charge on any atom is 0.0469 e. The highest BCUT2D eigenvalue weighted by atomic mass is 79.9. The molecule has 1 N–H and O–H groups in total. The minimum Gasteiger partial charge on any atom is -0.381 e. The number of halogens is 1. The molecular formula is C15H22BrNO. The molecule has 1 aliphatic rings. The van der Waals surface area contributed by atoms with Gasteiger partial charge in [0.15, 0.2) is 0 Å². The second-order valence-electron chi connectivity index (χ2n) is 5.57. The highest BCUT2D eigenvalue weighted by Gasteiger charge is 2.22. The quantitative estimate of drug-likeness (QED) is 0.915. The Hall–Kier alpha value is -0.380. The Kier molecular flexibility index (Phi) is 4.82. The molecule has 0 aromatic heterocycles. The summed E-state index contributed by atoms with van der Waals surface area (Å²) in [5, 5.41) is 3.69. The van der Waals surface area contributed by atoms with Crippen molar-refractivity contribution < 1.29 is 4.74 Å². The van der Waals surface area contributed by atoms with E-state index in [0.29, 0.717) is 0 Å². The molecule has 0 spiro atoms. The smallest absolute Gasteiger partial charge is 0.0469 e. The van der Waals surface area contributed by atoms with Gasteiger partial charge in [-0.05, 0) is 56.8 Å². The Labute approximate surface area is 118 Å². The third kappa shape index (κ3) is 3.81. The Balaban J connectivity index is 1.91. The van der Waals surface area contributed by atoms with E-state index in [1.54, 1.807) is 0 Å². The van der Waals surface area contributed by atoms with Crippen molar-refractivity contribution in [2.75, 3.05) is 19.8 Å². The van der Waals surface area contributed by atoms with E-state index < -0.39 is 0 Å². The lowest BCUT2D eigenvalue weighted by Gasteiger charge is -2.31. The minimum absolute atomic E-state index is 0.0268. The SMILES string of the molecule is CC(C)(NCC1CCOCC1)c1ccc(Br)cc1. The average Bonchev–Trinajstić information content (AvgIpc) is 2.38. The van der Waals surface area contributed by atoms with E-state index in [1.165, 1.54) is 18.4 Å². The van der Waals surface area contributed by atoms with Crippen molar-refractivity contribution >= 4 is 15.9 Å². The highest BCUT2D eigenvalue weighted by molar-refractivity contribution is 9.10. The lowest BCUT2D eigenvalue weighted by molar-refractivity contribution is 0.0640. The molecule has 1 saturated heterocycles. The first-order chi connectivity index (χ1) is 8.58. The Morgan fingerprint density at radius 1 is 1.22 bits per heavy atom. The summed E-state index contributed by atoms with van der Waals surface area (Å²) in [6.45, 7) is 7.41. The summed E-state index contributed by atoms with van der Waals surface area (Å²) in [6, 6.07) is 8.57. The number of benzene rings is 1. The van der Waals surface area contributed by atoms with E-state index in [9.17, 15) is 0 Å². The van der Waals surface area contributed by atoms with Gasteiger partial charge in [0.25, 0.3) is 0 Å². The summed E-state index contributed by atoms with van der Waals surface area (Å²) >= 11 is 3.48. The molecule has 0 aliphatic carbocycles. The van der Waals surface area contributed by atoms with Crippen LogP contribution >= 0.6 is 15.9 Å². The molecule has 2 nitrogen and oxygen atoms in total. The van der Waals surface area contributed by atoms with Crippen LogP contribution in [0.25, 0.3) is 0 Å². The van der Waals surface area contributed by atoms with E-state index in [1.807, 2.05) is 0 Å². The Bertz CT molecular complexity index is 369. The lowest BCUT2D eigenvalue weighted by Crippen LogP contribution is -2.40. The van der Waals surface area contributed by atoms with Gasteiger partial charge in [-0.15, -0.1) is 0 Å². The first-order valence-corrected chi connectivity index (χ1v) is 7.46. The molecule has 1 aromatic carbocycles. The molecule has 0 amide bonds. The fourth-order valence-corrected chi connectivity index (χ4v) is 2.58. The zero-order valence-electron chi connectivity index (χ0n) is 11.2. The van der Waals surface area contributed by atoms with Crippen LogP contribution in [0.15, 0.2) is 28.7 Å². The monoisotopic (exact) mass is 311 g/mol. The molecule has 0 unspecified atom stereocenters. The molecule has 1 heterocycles. The minimum atomic E-state index is 0.0268. The van der Waals surface area contributed by atoms with Gasteiger partial charge in [-0.3, -0.25) is 0 Å². The van der Waals surface area contributed by atoms with Crippen LogP contribution < -0.4 is 5.32 Å². The number of hydrogen-bond acceptors (Lipinski definition) is 2. The predicted octanol–water partition coefficient (Wildman–Crippen LogP) is 3.70.